The molecule has 36 heavy (non-hydrogen) atoms. The van der Waals surface area contributed by atoms with Crippen LogP contribution in [0.5, 0.6) is 0 Å². The number of carbonyl (C=O) groups excluding carboxylic acids is 1. The molecule has 4 aromatic heterocycles. The highest BCUT2D eigenvalue weighted by molar-refractivity contribution is 6.11. The van der Waals surface area contributed by atoms with Gasteiger partial charge in [-0.15, -0.1) is 10.2 Å². The summed E-state index contributed by atoms with van der Waals surface area (Å²) < 4.78 is 2.18. The molecular formula is C26H29N9O. The van der Waals surface area contributed by atoms with Gasteiger partial charge in [0.05, 0.1) is 24.0 Å². The van der Waals surface area contributed by atoms with E-state index in [2.05, 4.69) is 57.6 Å². The van der Waals surface area contributed by atoms with E-state index in [1.54, 1.807) is 17.3 Å². The van der Waals surface area contributed by atoms with E-state index < -0.39 is 0 Å². The van der Waals surface area contributed by atoms with Gasteiger partial charge in [-0.1, -0.05) is 6.07 Å². The molecule has 6 rings (SSSR count). The predicted molar refractivity (Wildman–Crippen MR) is 137 cm³/mol. The van der Waals surface area contributed by atoms with Crippen LogP contribution in [0.25, 0.3) is 22.8 Å². The van der Waals surface area contributed by atoms with Crippen molar-refractivity contribution in [2.75, 3.05) is 16.8 Å². The molecule has 0 aromatic carbocycles. The zero-order valence-corrected chi connectivity index (χ0v) is 21.1. The lowest BCUT2D eigenvalue weighted by Crippen LogP contribution is -2.27. The third-order valence-corrected chi connectivity index (χ3v) is 7.35. The third kappa shape index (κ3) is 3.39. The Labute approximate surface area is 209 Å². The van der Waals surface area contributed by atoms with Crippen molar-refractivity contribution >= 4 is 17.5 Å². The standard InChI is InChI=1S/C26H29N9O/c1-15(2)33(5)22-11-17-18(23(30-22)16-12-27-28-13-16)14-34(25(17)36)20-8-6-7-19(29-20)24-32-31-21-9-10-26(3,4)35(21)24/h6-8,11-13,15H,9-10,14H2,1-5H3,(H,27,28). The number of fused-ring (bicyclic) bond motifs is 2. The second-order valence-electron chi connectivity index (χ2n) is 10.4. The van der Waals surface area contributed by atoms with E-state index >= 15 is 0 Å². The number of nitrogens with one attached hydrogen (secondary N) is 1. The molecule has 0 saturated carbocycles. The van der Waals surface area contributed by atoms with Crippen molar-refractivity contribution in [3.8, 4) is 22.8 Å². The maximum Gasteiger partial charge on any atom is 0.260 e. The highest BCUT2D eigenvalue weighted by Gasteiger charge is 2.36. The first-order chi connectivity index (χ1) is 17.2. The normalized spacial score (nSPS) is 16.1. The van der Waals surface area contributed by atoms with Crippen LogP contribution in [-0.4, -0.2) is 53.9 Å². The molecule has 0 aliphatic carbocycles. The first-order valence-corrected chi connectivity index (χ1v) is 12.2. The van der Waals surface area contributed by atoms with Crippen LogP contribution in [0, 0.1) is 0 Å². The fourth-order valence-electron chi connectivity index (χ4n) is 5.04. The number of rotatable bonds is 5. The van der Waals surface area contributed by atoms with Crippen LogP contribution < -0.4 is 9.80 Å². The Morgan fingerprint density at radius 2 is 2.00 bits per heavy atom. The minimum atomic E-state index is -0.0907. The minimum Gasteiger partial charge on any atom is -0.357 e. The molecule has 0 unspecified atom stereocenters. The molecular weight excluding hydrogens is 454 g/mol. The van der Waals surface area contributed by atoms with E-state index in [0.29, 0.717) is 23.6 Å². The van der Waals surface area contributed by atoms with Gasteiger partial charge >= 0.3 is 0 Å². The molecule has 0 saturated heterocycles. The van der Waals surface area contributed by atoms with Crippen molar-refractivity contribution < 1.29 is 4.79 Å². The average molecular weight is 484 g/mol. The molecule has 2 aliphatic rings. The first-order valence-electron chi connectivity index (χ1n) is 12.2. The second-order valence-corrected chi connectivity index (χ2v) is 10.4. The van der Waals surface area contributed by atoms with Crippen LogP contribution >= 0.6 is 0 Å². The van der Waals surface area contributed by atoms with Crippen molar-refractivity contribution in [1.82, 2.24) is 34.9 Å². The maximum atomic E-state index is 13.7. The van der Waals surface area contributed by atoms with Gasteiger partial charge in [0, 0.05) is 42.4 Å². The summed E-state index contributed by atoms with van der Waals surface area (Å²) in [6, 6.07) is 7.83. The molecule has 0 radical (unpaired) electrons. The van der Waals surface area contributed by atoms with Crippen molar-refractivity contribution in [1.29, 1.82) is 0 Å². The Bertz CT molecular complexity index is 1470. The van der Waals surface area contributed by atoms with E-state index in [1.165, 1.54) is 0 Å². The predicted octanol–water partition coefficient (Wildman–Crippen LogP) is 3.81. The summed E-state index contributed by atoms with van der Waals surface area (Å²) in [4.78, 5) is 27.3. The van der Waals surface area contributed by atoms with Gasteiger partial charge in [0.2, 0.25) is 0 Å². The molecule has 0 atom stereocenters. The zero-order chi connectivity index (χ0) is 25.2. The Balaban J connectivity index is 1.42. The fourth-order valence-corrected chi connectivity index (χ4v) is 5.04. The quantitative estimate of drug-likeness (QED) is 0.460. The number of carbonyl (C=O) groups is 1. The number of aromatic nitrogens is 7. The van der Waals surface area contributed by atoms with Crippen molar-refractivity contribution in [3.63, 3.8) is 0 Å². The van der Waals surface area contributed by atoms with Gasteiger partial charge < -0.3 is 9.47 Å². The van der Waals surface area contributed by atoms with E-state index in [-0.39, 0.29) is 17.5 Å². The molecule has 10 heteroatoms. The number of aryl methyl sites for hydroxylation is 1. The fraction of sp³-hybridized carbons (Fsp3) is 0.385. The summed E-state index contributed by atoms with van der Waals surface area (Å²) in [5.41, 5.74) is 3.75. The second kappa shape index (κ2) is 7.97. The summed E-state index contributed by atoms with van der Waals surface area (Å²) in [6.45, 7) is 8.96. The summed E-state index contributed by atoms with van der Waals surface area (Å²) >= 11 is 0. The lowest BCUT2D eigenvalue weighted by Gasteiger charge is -2.23. The van der Waals surface area contributed by atoms with Crippen molar-refractivity contribution in [2.24, 2.45) is 0 Å². The van der Waals surface area contributed by atoms with Crippen LogP contribution in [0.3, 0.4) is 0 Å². The largest absolute Gasteiger partial charge is 0.357 e. The molecule has 1 amide bonds. The van der Waals surface area contributed by atoms with Gasteiger partial charge in [0.1, 0.15) is 23.2 Å². The lowest BCUT2D eigenvalue weighted by molar-refractivity contribution is 0.0996. The maximum absolute atomic E-state index is 13.7. The summed E-state index contributed by atoms with van der Waals surface area (Å²) in [7, 11) is 1.99. The first kappa shape index (κ1) is 22.4. The van der Waals surface area contributed by atoms with E-state index in [0.717, 1.165) is 47.1 Å². The number of nitrogens with zero attached hydrogens (tertiary/aromatic N) is 8. The van der Waals surface area contributed by atoms with Gasteiger partial charge in [-0.3, -0.25) is 14.8 Å². The number of pyridine rings is 2. The van der Waals surface area contributed by atoms with Crippen LogP contribution in [0.15, 0.2) is 36.7 Å². The van der Waals surface area contributed by atoms with E-state index in [1.807, 2.05) is 31.3 Å². The number of hydrogen-bond acceptors (Lipinski definition) is 7. The number of H-pyrrole nitrogens is 1. The molecule has 0 bridgehead atoms. The highest BCUT2D eigenvalue weighted by Crippen LogP contribution is 2.38. The molecule has 2 aliphatic heterocycles. The van der Waals surface area contributed by atoms with Crippen molar-refractivity contribution in [3.05, 3.63) is 53.6 Å². The van der Waals surface area contributed by atoms with Crippen molar-refractivity contribution in [2.45, 2.75) is 58.7 Å². The number of amides is 1. The molecule has 4 aromatic rings. The lowest BCUT2D eigenvalue weighted by atomic mass is 10.0. The molecule has 1 N–H and O–H groups in total. The van der Waals surface area contributed by atoms with Gasteiger partial charge in [0.15, 0.2) is 5.82 Å². The minimum absolute atomic E-state index is 0.0739. The number of hydrogen-bond donors (Lipinski definition) is 1. The SMILES string of the molecule is CC(C)N(C)c1cc2c(c(-c3cn[nH]c3)n1)CN(c1cccc(-c3nnc4n3C(C)(C)CC4)n1)C2=O. The van der Waals surface area contributed by atoms with Gasteiger partial charge in [-0.2, -0.15) is 5.10 Å². The highest BCUT2D eigenvalue weighted by atomic mass is 16.2. The van der Waals surface area contributed by atoms with Gasteiger partial charge in [-0.05, 0) is 52.3 Å². The van der Waals surface area contributed by atoms with Crippen LogP contribution in [0.2, 0.25) is 0 Å². The Morgan fingerprint density at radius 3 is 2.75 bits per heavy atom. The summed E-state index contributed by atoms with van der Waals surface area (Å²) in [6.07, 6.45) is 5.46. The van der Waals surface area contributed by atoms with Crippen LogP contribution in [-0.2, 0) is 18.5 Å². The smallest absolute Gasteiger partial charge is 0.260 e. The Hall–Kier alpha value is -4.08. The molecule has 10 nitrogen and oxygen atoms in total. The van der Waals surface area contributed by atoms with E-state index in [4.69, 9.17) is 9.97 Å². The molecule has 0 fully saturated rings. The monoisotopic (exact) mass is 483 g/mol. The van der Waals surface area contributed by atoms with Crippen LogP contribution in [0.4, 0.5) is 11.6 Å². The number of anilines is 2. The Kier molecular flexibility index (Phi) is 4.96. The number of aromatic amines is 1. The van der Waals surface area contributed by atoms with Gasteiger partial charge in [0.25, 0.3) is 5.91 Å². The Morgan fingerprint density at radius 1 is 1.17 bits per heavy atom. The third-order valence-electron chi connectivity index (χ3n) is 7.35. The van der Waals surface area contributed by atoms with Crippen LogP contribution in [0.1, 0.15) is 55.9 Å². The summed E-state index contributed by atoms with van der Waals surface area (Å²) in [5, 5.41) is 15.8. The topological polar surface area (TPSA) is 109 Å². The zero-order valence-electron chi connectivity index (χ0n) is 21.1. The average Bonchev–Trinajstić information content (AvgIpc) is 3.64. The molecule has 6 heterocycles. The molecule has 0 spiro atoms. The summed E-state index contributed by atoms with van der Waals surface area (Å²) in [5.74, 6) is 2.95. The molecule has 184 valence electrons. The van der Waals surface area contributed by atoms with E-state index in [9.17, 15) is 4.79 Å². The van der Waals surface area contributed by atoms with Gasteiger partial charge in [-0.25, -0.2) is 9.97 Å².